The van der Waals surface area contributed by atoms with Crippen LogP contribution in [0.25, 0.3) is 0 Å². The van der Waals surface area contributed by atoms with E-state index in [1.807, 2.05) is 0 Å². The van der Waals surface area contributed by atoms with Gasteiger partial charge in [0, 0.05) is 0 Å². The number of hydrazone groups is 1. The lowest BCUT2D eigenvalue weighted by molar-refractivity contribution is -0.307. The van der Waals surface area contributed by atoms with Crippen LogP contribution >= 0.6 is 0 Å². The van der Waals surface area contributed by atoms with E-state index in [0.29, 0.717) is 5.69 Å². The smallest absolute Gasteiger partial charge is 0.261 e. The molecule has 1 aromatic rings. The molecule has 0 unspecified atom stereocenters. The molecule has 82 valence electrons. The van der Waals surface area contributed by atoms with Gasteiger partial charge in [-0.2, -0.15) is 10.1 Å². The number of amides is 1. The van der Waals surface area contributed by atoms with Gasteiger partial charge in [0.1, 0.15) is 5.92 Å². The molecule has 0 N–H and O–H groups in total. The monoisotopic (exact) mass is 217 g/mol. The number of rotatable bonds is 2. The Kier molecular flexibility index (Phi) is 2.44. The normalized spacial score (nSPS) is 19.8. The zero-order chi connectivity index (χ0) is 11.7. The van der Waals surface area contributed by atoms with Crippen LogP contribution in [0, 0.1) is 5.92 Å². The third kappa shape index (κ3) is 1.56. The summed E-state index contributed by atoms with van der Waals surface area (Å²) in [5, 5.41) is 15.8. The van der Waals surface area contributed by atoms with Crippen molar-refractivity contribution in [1.82, 2.24) is 0 Å². The van der Waals surface area contributed by atoms with Gasteiger partial charge in [0.25, 0.3) is 5.91 Å². The Hall–Kier alpha value is -2.17. The quantitative estimate of drug-likeness (QED) is 0.642. The van der Waals surface area contributed by atoms with Gasteiger partial charge in [-0.05, 0) is 19.1 Å². The molecule has 0 aromatic heterocycles. The number of anilines is 1. The highest BCUT2D eigenvalue weighted by Crippen LogP contribution is 2.22. The lowest BCUT2D eigenvalue weighted by Gasteiger charge is -2.14. The molecular formula is C11H9N2O3-. The molecule has 0 radical (unpaired) electrons. The molecule has 5 heteroatoms. The number of para-hydroxylation sites is 1. The van der Waals surface area contributed by atoms with E-state index in [2.05, 4.69) is 5.10 Å². The molecule has 1 atom stereocenters. The van der Waals surface area contributed by atoms with E-state index in [0.717, 1.165) is 5.01 Å². The molecule has 1 amide bonds. The second kappa shape index (κ2) is 3.77. The van der Waals surface area contributed by atoms with Gasteiger partial charge in [0.05, 0.1) is 17.4 Å². The summed E-state index contributed by atoms with van der Waals surface area (Å²) >= 11 is 0. The van der Waals surface area contributed by atoms with Crippen LogP contribution < -0.4 is 10.1 Å². The van der Waals surface area contributed by atoms with Crippen molar-refractivity contribution in [3.05, 3.63) is 30.3 Å². The van der Waals surface area contributed by atoms with Crippen molar-refractivity contribution in [1.29, 1.82) is 0 Å². The van der Waals surface area contributed by atoms with E-state index in [1.54, 1.807) is 30.3 Å². The number of benzene rings is 1. The maximum atomic E-state index is 11.7. The molecule has 1 aliphatic heterocycles. The first-order valence-corrected chi connectivity index (χ1v) is 4.76. The first-order valence-electron chi connectivity index (χ1n) is 4.76. The summed E-state index contributed by atoms with van der Waals surface area (Å²) in [5.74, 6) is -3.26. The van der Waals surface area contributed by atoms with Gasteiger partial charge in [0.15, 0.2) is 0 Å². The van der Waals surface area contributed by atoms with Crippen molar-refractivity contribution in [2.75, 3.05) is 5.01 Å². The summed E-state index contributed by atoms with van der Waals surface area (Å²) in [5.41, 5.74) is 0.796. The summed E-state index contributed by atoms with van der Waals surface area (Å²) in [4.78, 5) is 22.5. The number of carboxylic acids is 1. The molecule has 2 rings (SSSR count). The number of hydrogen-bond acceptors (Lipinski definition) is 4. The SMILES string of the molecule is CC1=NN(c2ccccc2)C(=O)[C@H]1C(=O)[O-]. The standard InChI is InChI=1S/C11H10N2O3/c1-7-9(11(15)16)10(14)13(12-7)8-5-3-2-4-6-8/h2-6,9H,1H3,(H,15,16)/p-1/t9-/m0/s1. The Balaban J connectivity index is 2.35. The Morgan fingerprint density at radius 3 is 2.50 bits per heavy atom. The predicted octanol–water partition coefficient (Wildman–Crippen LogP) is -0.225. The summed E-state index contributed by atoms with van der Waals surface area (Å²) in [6, 6.07) is 8.68. The number of aliphatic carboxylic acids is 1. The fourth-order valence-electron chi connectivity index (χ4n) is 1.59. The van der Waals surface area contributed by atoms with Crippen LogP contribution in [-0.2, 0) is 9.59 Å². The second-order valence-corrected chi connectivity index (χ2v) is 3.48. The molecule has 0 saturated heterocycles. The van der Waals surface area contributed by atoms with Crippen molar-refractivity contribution < 1.29 is 14.7 Å². The Labute approximate surface area is 92.0 Å². The van der Waals surface area contributed by atoms with Crippen LogP contribution in [-0.4, -0.2) is 17.6 Å². The van der Waals surface area contributed by atoms with E-state index in [1.165, 1.54) is 6.92 Å². The minimum Gasteiger partial charge on any atom is -0.549 e. The molecule has 0 aliphatic carbocycles. The van der Waals surface area contributed by atoms with Gasteiger partial charge in [-0.1, -0.05) is 18.2 Å². The highest BCUT2D eigenvalue weighted by molar-refractivity contribution is 6.24. The average Bonchev–Trinajstić information content (AvgIpc) is 2.55. The zero-order valence-electron chi connectivity index (χ0n) is 8.58. The van der Waals surface area contributed by atoms with E-state index < -0.39 is 17.8 Å². The van der Waals surface area contributed by atoms with Gasteiger partial charge in [-0.3, -0.25) is 4.79 Å². The van der Waals surface area contributed by atoms with E-state index in [4.69, 9.17) is 0 Å². The van der Waals surface area contributed by atoms with Crippen LogP contribution in [0.1, 0.15) is 6.92 Å². The highest BCUT2D eigenvalue weighted by atomic mass is 16.4. The summed E-state index contributed by atoms with van der Waals surface area (Å²) < 4.78 is 0. The number of carbonyl (C=O) groups excluding carboxylic acids is 2. The molecule has 0 bridgehead atoms. The Morgan fingerprint density at radius 2 is 2.00 bits per heavy atom. The lowest BCUT2D eigenvalue weighted by Crippen LogP contribution is -2.41. The van der Waals surface area contributed by atoms with Gasteiger partial charge in [-0.15, -0.1) is 0 Å². The minimum atomic E-state index is -1.41. The largest absolute Gasteiger partial charge is 0.549 e. The van der Waals surface area contributed by atoms with Crippen LogP contribution in [0.5, 0.6) is 0 Å². The third-order valence-electron chi connectivity index (χ3n) is 2.37. The van der Waals surface area contributed by atoms with Crippen LogP contribution in [0.4, 0.5) is 5.69 Å². The highest BCUT2D eigenvalue weighted by Gasteiger charge is 2.35. The molecule has 0 spiro atoms. The van der Waals surface area contributed by atoms with E-state index in [9.17, 15) is 14.7 Å². The third-order valence-corrected chi connectivity index (χ3v) is 2.37. The molecule has 0 saturated carbocycles. The number of carboxylic acid groups (broad SMARTS) is 1. The fraction of sp³-hybridized carbons (Fsp3) is 0.182. The van der Waals surface area contributed by atoms with Crippen molar-refractivity contribution in [2.45, 2.75) is 6.92 Å². The topological polar surface area (TPSA) is 72.8 Å². The first-order chi connectivity index (χ1) is 7.61. The predicted molar refractivity (Wildman–Crippen MR) is 55.5 cm³/mol. The van der Waals surface area contributed by atoms with Gasteiger partial charge in [-0.25, -0.2) is 0 Å². The molecule has 5 nitrogen and oxygen atoms in total. The Morgan fingerprint density at radius 1 is 1.38 bits per heavy atom. The Bertz CT molecular complexity index is 467. The maximum Gasteiger partial charge on any atom is 0.261 e. The number of carbonyl (C=O) groups is 2. The van der Waals surface area contributed by atoms with Crippen molar-refractivity contribution in [3.63, 3.8) is 0 Å². The maximum absolute atomic E-state index is 11.7. The first kappa shape index (κ1) is 10.4. The number of nitrogens with zero attached hydrogens (tertiary/aromatic N) is 2. The summed E-state index contributed by atoms with van der Waals surface area (Å²) in [6.45, 7) is 1.50. The zero-order valence-corrected chi connectivity index (χ0v) is 8.58. The molecule has 16 heavy (non-hydrogen) atoms. The van der Waals surface area contributed by atoms with Gasteiger partial charge >= 0.3 is 0 Å². The molecule has 1 aromatic carbocycles. The van der Waals surface area contributed by atoms with Crippen molar-refractivity contribution in [2.24, 2.45) is 11.0 Å². The van der Waals surface area contributed by atoms with Crippen molar-refractivity contribution >= 4 is 23.3 Å². The van der Waals surface area contributed by atoms with Crippen LogP contribution in [0.15, 0.2) is 35.4 Å². The molecule has 1 aliphatic rings. The van der Waals surface area contributed by atoms with Gasteiger partial charge < -0.3 is 9.90 Å². The van der Waals surface area contributed by atoms with Crippen LogP contribution in [0.2, 0.25) is 0 Å². The molecule has 1 heterocycles. The van der Waals surface area contributed by atoms with Crippen LogP contribution in [0.3, 0.4) is 0 Å². The second-order valence-electron chi connectivity index (χ2n) is 3.48. The minimum absolute atomic E-state index is 0.244. The van der Waals surface area contributed by atoms with Crippen molar-refractivity contribution in [3.8, 4) is 0 Å². The molecule has 0 fully saturated rings. The summed E-state index contributed by atoms with van der Waals surface area (Å²) in [7, 11) is 0. The number of hydrogen-bond donors (Lipinski definition) is 0. The fourth-order valence-corrected chi connectivity index (χ4v) is 1.59. The summed E-state index contributed by atoms with van der Waals surface area (Å²) in [6.07, 6.45) is 0. The molecular weight excluding hydrogens is 208 g/mol. The average molecular weight is 217 g/mol. The lowest BCUT2D eigenvalue weighted by atomic mass is 10.1. The van der Waals surface area contributed by atoms with E-state index in [-0.39, 0.29) is 5.71 Å². The van der Waals surface area contributed by atoms with E-state index >= 15 is 0 Å². The van der Waals surface area contributed by atoms with Gasteiger partial charge in [0.2, 0.25) is 0 Å².